The Labute approximate surface area is 127 Å². The lowest BCUT2D eigenvalue weighted by Gasteiger charge is -2.31. The van der Waals surface area contributed by atoms with Crippen molar-refractivity contribution in [2.45, 2.75) is 18.9 Å². The van der Waals surface area contributed by atoms with Gasteiger partial charge in [-0.2, -0.15) is 0 Å². The molecule has 1 aliphatic rings. The Kier molecular flexibility index (Phi) is 5.14. The molecule has 0 radical (unpaired) electrons. The highest BCUT2D eigenvalue weighted by Crippen LogP contribution is 2.16. The molecular weight excluding hydrogens is 297 g/mol. The molecule has 0 unspecified atom stereocenters. The van der Waals surface area contributed by atoms with Gasteiger partial charge in [0.05, 0.1) is 12.1 Å². The first-order chi connectivity index (χ1) is 9.95. The van der Waals surface area contributed by atoms with Gasteiger partial charge in [0.25, 0.3) is 5.91 Å². The Morgan fingerprint density at radius 3 is 2.67 bits per heavy atom. The van der Waals surface area contributed by atoms with E-state index in [2.05, 4.69) is 5.32 Å². The second kappa shape index (κ2) is 6.87. The van der Waals surface area contributed by atoms with Gasteiger partial charge in [-0.05, 0) is 31.0 Å². The Balaban J connectivity index is 1.90. The fourth-order valence-corrected chi connectivity index (χ4v) is 2.56. The highest BCUT2D eigenvalue weighted by Gasteiger charge is 2.23. The Morgan fingerprint density at radius 2 is 2.05 bits per heavy atom. The van der Waals surface area contributed by atoms with Crippen molar-refractivity contribution in [3.05, 3.63) is 34.6 Å². The number of amides is 2. The molecule has 1 heterocycles. The molecule has 1 saturated heterocycles. The third-order valence-corrected chi connectivity index (χ3v) is 3.71. The average Bonchev–Trinajstić information content (AvgIpc) is 2.43. The molecule has 1 fully saturated rings. The molecule has 0 spiro atoms. The Hall–Kier alpha value is -1.66. The molecule has 21 heavy (non-hydrogen) atoms. The van der Waals surface area contributed by atoms with Gasteiger partial charge in [-0.3, -0.25) is 14.5 Å². The molecule has 114 valence electrons. The van der Waals surface area contributed by atoms with E-state index >= 15 is 0 Å². The van der Waals surface area contributed by atoms with Crippen LogP contribution < -0.4 is 11.1 Å². The average molecular weight is 314 g/mol. The molecule has 2 rings (SSSR count). The second-order valence-electron chi connectivity index (χ2n) is 5.11. The van der Waals surface area contributed by atoms with Crippen molar-refractivity contribution in [3.8, 4) is 0 Å². The predicted molar refractivity (Wildman–Crippen MR) is 77.5 cm³/mol. The molecule has 5 nitrogen and oxygen atoms in total. The molecule has 0 bridgehead atoms. The van der Waals surface area contributed by atoms with Gasteiger partial charge in [-0.15, -0.1) is 0 Å². The predicted octanol–water partition coefficient (Wildman–Crippen LogP) is 1.16. The summed E-state index contributed by atoms with van der Waals surface area (Å²) in [4.78, 5) is 24.8. The first-order valence-electron chi connectivity index (χ1n) is 6.72. The molecule has 0 saturated carbocycles. The maximum Gasteiger partial charge on any atom is 0.254 e. The summed E-state index contributed by atoms with van der Waals surface area (Å²) in [5, 5.41) is 3.11. The standard InChI is InChI=1S/C14H17ClFN3O2/c15-9-1-2-12(16)11(7-9)14(21)18-10-3-5-19(6-4-10)8-13(17)20/h1-2,7,10H,3-6,8H2,(H2,17,20)(H,18,21). The summed E-state index contributed by atoms with van der Waals surface area (Å²) >= 11 is 5.77. The van der Waals surface area contributed by atoms with Gasteiger partial charge in [-0.25, -0.2) is 4.39 Å². The minimum Gasteiger partial charge on any atom is -0.369 e. The highest BCUT2D eigenvalue weighted by molar-refractivity contribution is 6.31. The van der Waals surface area contributed by atoms with E-state index in [9.17, 15) is 14.0 Å². The number of carbonyl (C=O) groups excluding carboxylic acids is 2. The van der Waals surface area contributed by atoms with Crippen molar-refractivity contribution >= 4 is 23.4 Å². The summed E-state index contributed by atoms with van der Waals surface area (Å²) in [6.45, 7) is 1.57. The molecule has 2 amide bonds. The number of carbonyl (C=O) groups is 2. The SMILES string of the molecule is NC(=O)CN1CCC(NC(=O)c2cc(Cl)ccc2F)CC1. The summed E-state index contributed by atoms with van der Waals surface area (Å²) in [5.41, 5.74) is 5.09. The number of hydrogen-bond acceptors (Lipinski definition) is 3. The molecule has 1 aliphatic heterocycles. The van der Waals surface area contributed by atoms with Gasteiger partial charge in [0.2, 0.25) is 5.91 Å². The number of rotatable bonds is 4. The summed E-state index contributed by atoms with van der Waals surface area (Å²) in [7, 11) is 0. The number of halogens is 2. The minimum atomic E-state index is -0.594. The van der Waals surface area contributed by atoms with Crippen molar-refractivity contribution < 1.29 is 14.0 Å². The summed E-state index contributed by atoms with van der Waals surface area (Å²) in [6, 6.07) is 3.84. The van der Waals surface area contributed by atoms with Gasteiger partial charge in [0.15, 0.2) is 0 Å². The number of benzene rings is 1. The molecule has 0 aliphatic carbocycles. The van der Waals surface area contributed by atoms with Gasteiger partial charge in [0, 0.05) is 24.2 Å². The maximum atomic E-state index is 13.6. The van der Waals surface area contributed by atoms with Crippen LogP contribution in [0.25, 0.3) is 0 Å². The number of nitrogens with two attached hydrogens (primary N) is 1. The number of piperidine rings is 1. The summed E-state index contributed by atoms with van der Waals surface area (Å²) in [5.74, 6) is -1.43. The van der Waals surface area contributed by atoms with Crippen molar-refractivity contribution in [1.29, 1.82) is 0 Å². The monoisotopic (exact) mass is 313 g/mol. The number of hydrogen-bond donors (Lipinski definition) is 2. The van der Waals surface area contributed by atoms with Crippen LogP contribution >= 0.6 is 11.6 Å². The summed E-state index contributed by atoms with van der Waals surface area (Å²) < 4.78 is 13.6. The highest BCUT2D eigenvalue weighted by atomic mass is 35.5. The zero-order valence-corrected chi connectivity index (χ0v) is 12.2. The Bertz CT molecular complexity index is 545. The van der Waals surface area contributed by atoms with Crippen LogP contribution in [0.2, 0.25) is 5.02 Å². The van der Waals surface area contributed by atoms with Crippen molar-refractivity contribution in [2.75, 3.05) is 19.6 Å². The first kappa shape index (κ1) is 15.7. The largest absolute Gasteiger partial charge is 0.369 e. The number of primary amides is 1. The fraction of sp³-hybridized carbons (Fsp3) is 0.429. The van der Waals surface area contributed by atoms with Crippen molar-refractivity contribution in [1.82, 2.24) is 10.2 Å². The van der Waals surface area contributed by atoms with Crippen LogP contribution in [-0.2, 0) is 4.79 Å². The van der Waals surface area contributed by atoms with E-state index in [1.807, 2.05) is 4.90 Å². The van der Waals surface area contributed by atoms with Crippen LogP contribution in [0, 0.1) is 5.82 Å². The van der Waals surface area contributed by atoms with E-state index < -0.39 is 11.7 Å². The van der Waals surface area contributed by atoms with E-state index in [1.165, 1.54) is 18.2 Å². The maximum absolute atomic E-state index is 13.6. The molecule has 7 heteroatoms. The van der Waals surface area contributed by atoms with E-state index in [0.29, 0.717) is 31.0 Å². The lowest BCUT2D eigenvalue weighted by atomic mass is 10.0. The summed E-state index contributed by atoms with van der Waals surface area (Å²) in [6.07, 6.45) is 1.39. The number of nitrogens with one attached hydrogen (secondary N) is 1. The zero-order valence-electron chi connectivity index (χ0n) is 11.4. The van der Waals surface area contributed by atoms with Gasteiger partial charge in [-0.1, -0.05) is 11.6 Å². The number of nitrogens with zero attached hydrogens (tertiary/aromatic N) is 1. The van der Waals surface area contributed by atoms with Crippen LogP contribution in [0.1, 0.15) is 23.2 Å². The Morgan fingerprint density at radius 1 is 1.38 bits per heavy atom. The van der Waals surface area contributed by atoms with Crippen molar-refractivity contribution in [3.63, 3.8) is 0 Å². The fourth-order valence-electron chi connectivity index (χ4n) is 2.39. The van der Waals surface area contributed by atoms with E-state index in [-0.39, 0.29) is 24.1 Å². The zero-order chi connectivity index (χ0) is 15.4. The van der Waals surface area contributed by atoms with Crippen molar-refractivity contribution in [2.24, 2.45) is 5.73 Å². The van der Waals surface area contributed by atoms with Crippen LogP contribution in [0.4, 0.5) is 4.39 Å². The lowest BCUT2D eigenvalue weighted by Crippen LogP contribution is -2.46. The topological polar surface area (TPSA) is 75.4 Å². The molecule has 0 aromatic heterocycles. The number of likely N-dealkylation sites (tertiary alicyclic amines) is 1. The van der Waals surface area contributed by atoms with Gasteiger partial charge in [0.1, 0.15) is 5.82 Å². The van der Waals surface area contributed by atoms with Crippen LogP contribution in [0.5, 0.6) is 0 Å². The van der Waals surface area contributed by atoms with Gasteiger partial charge >= 0.3 is 0 Å². The first-order valence-corrected chi connectivity index (χ1v) is 7.10. The normalized spacial score (nSPS) is 16.7. The lowest BCUT2D eigenvalue weighted by molar-refractivity contribution is -0.119. The molecule has 1 aromatic carbocycles. The molecule has 3 N–H and O–H groups in total. The van der Waals surface area contributed by atoms with E-state index in [1.54, 1.807) is 0 Å². The second-order valence-corrected chi connectivity index (χ2v) is 5.55. The van der Waals surface area contributed by atoms with Crippen LogP contribution in [-0.4, -0.2) is 42.4 Å². The molecule has 1 aromatic rings. The third kappa shape index (κ3) is 4.41. The van der Waals surface area contributed by atoms with E-state index in [0.717, 1.165) is 0 Å². The quantitative estimate of drug-likeness (QED) is 0.876. The van der Waals surface area contributed by atoms with Crippen LogP contribution in [0.3, 0.4) is 0 Å². The molecular formula is C14H17ClFN3O2. The third-order valence-electron chi connectivity index (χ3n) is 3.48. The van der Waals surface area contributed by atoms with Crippen LogP contribution in [0.15, 0.2) is 18.2 Å². The van der Waals surface area contributed by atoms with E-state index in [4.69, 9.17) is 17.3 Å². The smallest absolute Gasteiger partial charge is 0.254 e. The molecule has 0 atom stereocenters. The van der Waals surface area contributed by atoms with Gasteiger partial charge < -0.3 is 11.1 Å². The minimum absolute atomic E-state index is 0.0417.